The first kappa shape index (κ1) is 9.18. The van der Waals surface area contributed by atoms with E-state index in [0.717, 1.165) is 11.1 Å². The zero-order valence-electron chi connectivity index (χ0n) is 6.68. The van der Waals surface area contributed by atoms with Gasteiger partial charge in [-0.25, -0.2) is 0 Å². The SMILES string of the molecule is C=C/C(C)=C(\C=C)COC. The zero-order valence-corrected chi connectivity index (χ0v) is 6.68. The van der Waals surface area contributed by atoms with Crippen molar-refractivity contribution in [2.75, 3.05) is 13.7 Å². The quantitative estimate of drug-likeness (QED) is 0.542. The van der Waals surface area contributed by atoms with E-state index in [1.165, 1.54) is 0 Å². The van der Waals surface area contributed by atoms with E-state index in [4.69, 9.17) is 4.74 Å². The molecule has 0 radical (unpaired) electrons. The highest BCUT2D eigenvalue weighted by molar-refractivity contribution is 5.29. The summed E-state index contributed by atoms with van der Waals surface area (Å²) in [7, 11) is 1.67. The molecule has 10 heavy (non-hydrogen) atoms. The minimum Gasteiger partial charge on any atom is -0.380 e. The van der Waals surface area contributed by atoms with Crippen LogP contribution in [0, 0.1) is 0 Å². The molecule has 0 aromatic heterocycles. The first-order valence-corrected chi connectivity index (χ1v) is 3.19. The lowest BCUT2D eigenvalue weighted by atomic mass is 10.1. The van der Waals surface area contributed by atoms with E-state index in [2.05, 4.69) is 13.2 Å². The number of rotatable bonds is 4. The molecule has 0 aliphatic heterocycles. The lowest BCUT2D eigenvalue weighted by Crippen LogP contribution is -1.93. The van der Waals surface area contributed by atoms with Gasteiger partial charge in [-0.15, -0.1) is 0 Å². The Balaban J connectivity index is 4.28. The molecule has 0 fully saturated rings. The number of hydrogen-bond acceptors (Lipinski definition) is 1. The third kappa shape index (κ3) is 2.65. The summed E-state index contributed by atoms with van der Waals surface area (Å²) >= 11 is 0. The fourth-order valence-corrected chi connectivity index (χ4v) is 0.620. The minimum absolute atomic E-state index is 0.612. The van der Waals surface area contributed by atoms with Crippen LogP contribution < -0.4 is 0 Å². The van der Waals surface area contributed by atoms with E-state index in [1.54, 1.807) is 19.3 Å². The highest BCUT2D eigenvalue weighted by Crippen LogP contribution is 2.05. The van der Waals surface area contributed by atoms with Crippen molar-refractivity contribution >= 4 is 0 Å². The standard InChI is InChI=1S/C9H14O/c1-5-8(3)9(6-2)7-10-4/h5-6H,1-2,7H2,3-4H3/b9-8+. The first-order chi connectivity index (χ1) is 4.76. The molecule has 0 unspecified atom stereocenters. The molecular formula is C9H14O. The Hall–Kier alpha value is -0.820. The Bertz CT molecular complexity index is 154. The minimum atomic E-state index is 0.612. The third-order valence-corrected chi connectivity index (χ3v) is 1.36. The monoisotopic (exact) mass is 138 g/mol. The second-order valence-electron chi connectivity index (χ2n) is 2.05. The van der Waals surface area contributed by atoms with Gasteiger partial charge in [0.15, 0.2) is 0 Å². The Morgan fingerprint density at radius 3 is 2.30 bits per heavy atom. The van der Waals surface area contributed by atoms with Gasteiger partial charge in [0.2, 0.25) is 0 Å². The molecule has 0 atom stereocenters. The smallest absolute Gasteiger partial charge is 0.0715 e. The molecule has 0 amide bonds. The van der Waals surface area contributed by atoms with Crippen molar-refractivity contribution in [3.63, 3.8) is 0 Å². The number of hydrogen-bond donors (Lipinski definition) is 0. The summed E-state index contributed by atoms with van der Waals surface area (Å²) in [5.41, 5.74) is 2.22. The van der Waals surface area contributed by atoms with Crippen LogP contribution in [0.25, 0.3) is 0 Å². The van der Waals surface area contributed by atoms with E-state index in [-0.39, 0.29) is 0 Å². The maximum Gasteiger partial charge on any atom is 0.0715 e. The van der Waals surface area contributed by atoms with Crippen LogP contribution in [-0.4, -0.2) is 13.7 Å². The van der Waals surface area contributed by atoms with Crippen LogP contribution in [0.4, 0.5) is 0 Å². The average molecular weight is 138 g/mol. The molecule has 0 aromatic carbocycles. The average Bonchev–Trinajstić information content (AvgIpc) is 1.99. The topological polar surface area (TPSA) is 9.23 Å². The molecule has 1 nitrogen and oxygen atoms in total. The van der Waals surface area contributed by atoms with Crippen molar-refractivity contribution < 1.29 is 4.74 Å². The summed E-state index contributed by atoms with van der Waals surface area (Å²) < 4.78 is 4.94. The first-order valence-electron chi connectivity index (χ1n) is 3.19. The lowest BCUT2D eigenvalue weighted by molar-refractivity contribution is 0.228. The van der Waals surface area contributed by atoms with Crippen molar-refractivity contribution in [1.29, 1.82) is 0 Å². The van der Waals surface area contributed by atoms with Gasteiger partial charge in [-0.3, -0.25) is 0 Å². The fourth-order valence-electron chi connectivity index (χ4n) is 0.620. The normalized spacial score (nSPS) is 12.2. The van der Waals surface area contributed by atoms with Crippen molar-refractivity contribution in [3.8, 4) is 0 Å². The van der Waals surface area contributed by atoms with Gasteiger partial charge in [-0.1, -0.05) is 25.3 Å². The predicted molar refractivity (Wildman–Crippen MR) is 45.0 cm³/mol. The van der Waals surface area contributed by atoms with Crippen LogP contribution in [0.3, 0.4) is 0 Å². The largest absolute Gasteiger partial charge is 0.380 e. The number of allylic oxidation sites excluding steroid dienone is 2. The van der Waals surface area contributed by atoms with Crippen molar-refractivity contribution in [3.05, 3.63) is 36.5 Å². The van der Waals surface area contributed by atoms with Crippen molar-refractivity contribution in [1.82, 2.24) is 0 Å². The molecule has 0 heterocycles. The van der Waals surface area contributed by atoms with Crippen LogP contribution in [0.2, 0.25) is 0 Å². The van der Waals surface area contributed by atoms with Crippen molar-refractivity contribution in [2.45, 2.75) is 6.92 Å². The molecule has 0 saturated heterocycles. The Kier molecular flexibility index (Phi) is 4.59. The van der Waals surface area contributed by atoms with E-state index < -0.39 is 0 Å². The second kappa shape index (κ2) is 5.00. The van der Waals surface area contributed by atoms with Crippen LogP contribution in [0.5, 0.6) is 0 Å². The lowest BCUT2D eigenvalue weighted by Gasteiger charge is -2.01. The summed E-state index contributed by atoms with van der Waals surface area (Å²) in [5, 5.41) is 0. The summed E-state index contributed by atoms with van der Waals surface area (Å²) in [6.45, 7) is 9.92. The van der Waals surface area contributed by atoms with Crippen LogP contribution >= 0.6 is 0 Å². The van der Waals surface area contributed by atoms with Crippen molar-refractivity contribution in [2.24, 2.45) is 0 Å². The molecule has 0 aliphatic carbocycles. The third-order valence-electron chi connectivity index (χ3n) is 1.36. The highest BCUT2D eigenvalue weighted by Gasteiger charge is 1.92. The maximum absolute atomic E-state index is 4.94. The van der Waals surface area contributed by atoms with Gasteiger partial charge in [-0.05, 0) is 18.1 Å². The second-order valence-corrected chi connectivity index (χ2v) is 2.05. The molecule has 0 aromatic rings. The zero-order chi connectivity index (χ0) is 7.98. The molecule has 0 rings (SSSR count). The van der Waals surface area contributed by atoms with Gasteiger partial charge in [-0.2, -0.15) is 0 Å². The maximum atomic E-state index is 4.94. The van der Waals surface area contributed by atoms with E-state index in [1.807, 2.05) is 6.92 Å². The summed E-state index contributed by atoms with van der Waals surface area (Å²) in [4.78, 5) is 0. The highest BCUT2D eigenvalue weighted by atomic mass is 16.5. The molecule has 1 heteroatoms. The fraction of sp³-hybridized carbons (Fsp3) is 0.333. The molecule has 0 spiro atoms. The molecule has 0 aliphatic rings. The molecule has 0 N–H and O–H groups in total. The van der Waals surface area contributed by atoms with Crippen LogP contribution in [0.15, 0.2) is 36.5 Å². The van der Waals surface area contributed by atoms with Crippen LogP contribution in [-0.2, 0) is 4.74 Å². The summed E-state index contributed by atoms with van der Waals surface area (Å²) in [5.74, 6) is 0. The molecule has 56 valence electrons. The van der Waals surface area contributed by atoms with E-state index in [0.29, 0.717) is 6.61 Å². The van der Waals surface area contributed by atoms with Gasteiger partial charge in [0.1, 0.15) is 0 Å². The Morgan fingerprint density at radius 2 is 2.00 bits per heavy atom. The summed E-state index contributed by atoms with van der Waals surface area (Å²) in [6.07, 6.45) is 3.59. The Morgan fingerprint density at radius 1 is 1.40 bits per heavy atom. The number of ether oxygens (including phenoxy) is 1. The van der Waals surface area contributed by atoms with E-state index in [9.17, 15) is 0 Å². The predicted octanol–water partition coefficient (Wildman–Crippen LogP) is 2.32. The van der Waals surface area contributed by atoms with Gasteiger partial charge < -0.3 is 4.74 Å². The Labute approximate surface area is 62.7 Å². The molecule has 0 saturated carbocycles. The molecular weight excluding hydrogens is 124 g/mol. The molecule has 0 bridgehead atoms. The van der Waals surface area contributed by atoms with Gasteiger partial charge >= 0.3 is 0 Å². The summed E-state index contributed by atoms with van der Waals surface area (Å²) in [6, 6.07) is 0. The van der Waals surface area contributed by atoms with Gasteiger partial charge in [0, 0.05) is 7.11 Å². The van der Waals surface area contributed by atoms with Gasteiger partial charge in [0.25, 0.3) is 0 Å². The van der Waals surface area contributed by atoms with Crippen LogP contribution in [0.1, 0.15) is 6.92 Å². The van der Waals surface area contributed by atoms with Gasteiger partial charge in [0.05, 0.1) is 6.61 Å². The number of methoxy groups -OCH3 is 1. The van der Waals surface area contributed by atoms with E-state index >= 15 is 0 Å².